The van der Waals surface area contributed by atoms with Gasteiger partial charge in [0.25, 0.3) is 40.5 Å². The molecule has 0 amide bonds. The Labute approximate surface area is 830 Å². The molecule has 0 saturated heterocycles. The summed E-state index contributed by atoms with van der Waals surface area (Å²) in [5.41, 5.74) is 11.5. The van der Waals surface area contributed by atoms with E-state index in [-0.39, 0.29) is 69.2 Å². The first-order valence-corrected chi connectivity index (χ1v) is 50.7. The van der Waals surface area contributed by atoms with Crippen LogP contribution in [-0.2, 0) is 95.7 Å². The van der Waals surface area contributed by atoms with Crippen molar-refractivity contribution in [3.05, 3.63) is 312 Å². The third-order valence-corrected chi connectivity index (χ3v) is 22.1. The van der Waals surface area contributed by atoms with Gasteiger partial charge in [0, 0.05) is 37.3 Å². The number of azo groups is 8. The lowest BCUT2D eigenvalue weighted by atomic mass is 10.1. The lowest BCUT2D eigenvalue weighted by Crippen LogP contribution is -2.15. The van der Waals surface area contributed by atoms with Crippen LogP contribution >= 0.6 is 0 Å². The molecular weight excluding hydrogens is 2050 g/mol. The highest BCUT2D eigenvalue weighted by atomic mass is 32.2. The maximum absolute atomic E-state index is 12.6. The van der Waals surface area contributed by atoms with E-state index in [4.69, 9.17) is 80.4 Å². The van der Waals surface area contributed by atoms with Gasteiger partial charge >= 0.3 is 42.4 Å². The van der Waals surface area contributed by atoms with E-state index < -0.39 is 92.7 Å². The van der Waals surface area contributed by atoms with E-state index in [1.54, 1.807) is 140 Å². The van der Waals surface area contributed by atoms with Crippen LogP contribution < -0.4 is 21.3 Å². The van der Waals surface area contributed by atoms with E-state index >= 15 is 0 Å². The summed E-state index contributed by atoms with van der Waals surface area (Å²) in [6.07, 6.45) is 0.984. The molecule has 8 N–H and O–H groups in total. The molecule has 0 aliphatic rings. The van der Waals surface area contributed by atoms with Gasteiger partial charge in [0.05, 0.1) is 89.4 Å². The van der Waals surface area contributed by atoms with Crippen LogP contribution in [0.5, 0.6) is 0 Å². The normalized spacial score (nSPS) is 11.6. The van der Waals surface area contributed by atoms with Gasteiger partial charge in [0.15, 0.2) is 0 Å². The Kier molecular flexibility index (Phi) is 39.6. The first-order valence-electron chi connectivity index (χ1n) is 40.9. The summed E-state index contributed by atoms with van der Waals surface area (Å²) in [7, 11) is -30.7. The summed E-state index contributed by atoms with van der Waals surface area (Å²) in [6, 6.07) is 71.5. The van der Waals surface area contributed by atoms with E-state index in [2.05, 4.69) is 103 Å². The number of aromatic nitrogens is 6. The monoisotopic (exact) mass is 2120 g/mol. The zero-order chi connectivity index (χ0) is 105. The summed E-state index contributed by atoms with van der Waals surface area (Å²) in [4.78, 5) is 27.5. The minimum absolute atomic E-state index is 0.125. The van der Waals surface area contributed by atoms with Gasteiger partial charge in [-0.3, -0.25) is 18.2 Å². The van der Waals surface area contributed by atoms with E-state index in [1.165, 1.54) is 72.8 Å². The predicted octanol–water partition coefficient (Wildman–Crippen LogP) is 20.2. The Balaban J connectivity index is 0.00000125. The fraction of sp³-hybridized carbons (Fsp3) is 0.103. The van der Waals surface area contributed by atoms with Crippen molar-refractivity contribution in [3.8, 4) is 0 Å². The average Bonchev–Trinajstić information content (AvgIpc) is 0.812. The van der Waals surface area contributed by atoms with Crippen molar-refractivity contribution in [2.45, 2.75) is 66.5 Å². The van der Waals surface area contributed by atoms with E-state index in [0.717, 1.165) is 34.4 Å². The maximum atomic E-state index is 12.6. The molecule has 2 heterocycles. The number of rotatable bonds is 34. The molecule has 0 spiro atoms. The predicted molar refractivity (Wildman–Crippen MR) is 521 cm³/mol. The molecule has 0 unspecified atom stereocenters. The minimum Gasteiger partial charge on any atom is -0.354 e. The first kappa shape index (κ1) is 110. The SMILES string of the molecule is Cc1cc(Cc2nc(Cc3ccc(N=Nc4ccc(N=Nc5ccccc5)cc4S(=O)(=O)O)c(C)c3)nc(NCCCNc3nc(Nc4ccc(N=Nc5ccc(N=Nc6ccc(S(=O)(=O)O)cc6)cc5)c(C)c4)nc(Nc4ccc(N=Nc5ccc(N=Nc6ccccc6)cc5S(=O)(=O)O)c(C)c4)n3)n2)ccc1N=Nc1ccc(N=Nc2ccc(S(=O)(=O)O)cc2)cc1.O=S(=O)=O.O=S(=O)=O.O=S(=O)=O.O=S(=O)=O. The molecule has 145 heavy (non-hydrogen) atoms. The molecule has 50 nitrogen and oxygen atoms in total. The molecule has 12 aromatic carbocycles. The van der Waals surface area contributed by atoms with Crippen molar-refractivity contribution >= 4 is 209 Å². The van der Waals surface area contributed by atoms with Crippen molar-refractivity contribution in [2.75, 3.05) is 34.4 Å². The van der Waals surface area contributed by atoms with Gasteiger partial charge in [-0.1, -0.05) is 60.7 Å². The lowest BCUT2D eigenvalue weighted by molar-refractivity contribution is 0.481. The zero-order valence-corrected chi connectivity index (χ0v) is 81.5. The van der Waals surface area contributed by atoms with Crippen LogP contribution in [0.4, 0.5) is 126 Å². The minimum atomic E-state index is -4.79. The van der Waals surface area contributed by atoms with E-state index in [1.807, 2.05) is 69.3 Å². The number of hydrogen-bond donors (Lipinski definition) is 8. The Morgan fingerprint density at radius 1 is 0.248 bits per heavy atom. The maximum Gasteiger partial charge on any atom is 0.425 e. The van der Waals surface area contributed by atoms with Crippen LogP contribution in [0, 0.1) is 27.7 Å². The van der Waals surface area contributed by atoms with Crippen LogP contribution in [0.3, 0.4) is 0 Å². The van der Waals surface area contributed by atoms with Gasteiger partial charge in [-0.05, 0) is 274 Å². The molecule has 0 fully saturated rings. The highest BCUT2D eigenvalue weighted by Crippen LogP contribution is 2.38. The second-order valence-corrected chi connectivity index (χ2v) is 36.4. The number of aryl methyl sites for hydroxylation is 4. The highest BCUT2D eigenvalue weighted by molar-refractivity contribution is 7.86. The van der Waals surface area contributed by atoms with Crippen molar-refractivity contribution in [1.29, 1.82) is 0 Å². The van der Waals surface area contributed by atoms with Gasteiger partial charge in [0.2, 0.25) is 23.8 Å². The van der Waals surface area contributed by atoms with Gasteiger partial charge < -0.3 is 21.3 Å². The molecule has 0 atom stereocenters. The van der Waals surface area contributed by atoms with Crippen LogP contribution in [0.1, 0.15) is 51.5 Å². The average molecular weight is 2120 g/mol. The molecule has 14 rings (SSSR count). The van der Waals surface area contributed by atoms with E-state index in [9.17, 15) is 51.9 Å². The van der Waals surface area contributed by atoms with Gasteiger partial charge in [-0.15, -0.1) is 60.7 Å². The molecule has 744 valence electrons. The molecule has 0 radical (unpaired) electrons. The second-order valence-electron chi connectivity index (χ2n) is 29.2. The molecule has 0 bridgehead atoms. The summed E-state index contributed by atoms with van der Waals surface area (Å²) in [5.74, 6) is 1.60. The fourth-order valence-corrected chi connectivity index (χ4v) is 14.3. The molecular formula is C87H74N26O24S8. The molecule has 0 aliphatic carbocycles. The molecule has 14 aromatic rings. The van der Waals surface area contributed by atoms with Crippen molar-refractivity contribution in [1.82, 2.24) is 29.9 Å². The quantitative estimate of drug-likeness (QED) is 0.0105. The molecule has 0 aliphatic heterocycles. The second kappa shape index (κ2) is 52.3. The van der Waals surface area contributed by atoms with Crippen LogP contribution in [0.25, 0.3) is 0 Å². The number of nitrogens with one attached hydrogen (secondary N) is 4. The Hall–Kier alpha value is -17.2. The van der Waals surface area contributed by atoms with Crippen LogP contribution in [-0.4, -0.2) is 145 Å². The van der Waals surface area contributed by atoms with Gasteiger partial charge in [-0.2, -0.15) is 130 Å². The van der Waals surface area contributed by atoms with Gasteiger partial charge in [0.1, 0.15) is 32.8 Å². The highest BCUT2D eigenvalue weighted by Gasteiger charge is 2.21. The van der Waals surface area contributed by atoms with E-state index in [0.29, 0.717) is 122 Å². The summed E-state index contributed by atoms with van der Waals surface area (Å²) in [6.45, 7) is 8.02. The summed E-state index contributed by atoms with van der Waals surface area (Å²) < 4.78 is 237. The molecule has 58 heteroatoms. The third-order valence-electron chi connectivity index (χ3n) is 18.6. The number of benzene rings is 12. The van der Waals surface area contributed by atoms with Crippen LogP contribution in [0.15, 0.2) is 368 Å². The number of nitrogens with zero attached hydrogens (tertiary/aromatic N) is 22. The first-order chi connectivity index (χ1) is 68.9. The summed E-state index contributed by atoms with van der Waals surface area (Å²) in [5, 5.41) is 81.6. The topological polar surface area (TPSA) is 746 Å². The number of anilines is 6. The largest absolute Gasteiger partial charge is 0.425 e. The Morgan fingerprint density at radius 2 is 0.490 bits per heavy atom. The van der Waals surface area contributed by atoms with Crippen molar-refractivity contribution < 1.29 is 102 Å². The molecule has 0 saturated carbocycles. The number of hydrogen-bond acceptors (Lipinski definition) is 46. The van der Waals surface area contributed by atoms with Gasteiger partial charge in [-0.25, -0.2) is 4.98 Å². The van der Waals surface area contributed by atoms with Crippen LogP contribution in [0.2, 0.25) is 0 Å². The lowest BCUT2D eigenvalue weighted by Gasteiger charge is -2.13. The third kappa shape index (κ3) is 37.7. The Bertz CT molecular complexity index is 7800. The summed E-state index contributed by atoms with van der Waals surface area (Å²) >= 11 is 0. The van der Waals surface area contributed by atoms with Crippen molar-refractivity contribution in [3.63, 3.8) is 0 Å². The fourth-order valence-electron chi connectivity index (χ4n) is 12.1. The van der Waals surface area contributed by atoms with Crippen molar-refractivity contribution in [2.24, 2.45) is 81.8 Å². The smallest absolute Gasteiger partial charge is 0.354 e. The Morgan fingerprint density at radius 3 is 0.786 bits per heavy atom. The molecule has 2 aromatic heterocycles. The standard InChI is InChI=1S/C87H74N26O12S4.4O3S/c1-54-46-58(16-38-74(54)108-104-64-22-18-62(19-23-64)100-102-66-26-34-72(35-27-66)126(114,115)116)50-82-92-83(51-59-17-39-75(55(2)47-59)110-112-78-42-32-70(52-80(78)128(120,121)122)106-98-60-12-7-5-8-13-60)94-84(93-82)88-44-11-45-89-85-95-86(90-68-30-40-76(56(3)48-68)109-105-65-24-20-63(21-25-65)101-103-67-28-36-73(37-29-67)127(117,118)119)97-87(96-85)91-69-31-41-77(57(4)49-69)111-113-79-43-33-71(53-81(79)129(123,124)125)107-99-61-14-9-6-10-15-61;4*1-4(2)3/h5-10,12-43,46-49,52-53H,11,44-45,50-51H2,1-4H3,(H,114,115,116)(H,117,118,119)(H,120,121,122)(H,123,124,125)(H,88,92,93,94)(H3,89,90,91,95,96,97);;;;. The zero-order valence-electron chi connectivity index (χ0n) is 75.0.